The lowest BCUT2D eigenvalue weighted by atomic mass is 9.98. The van der Waals surface area contributed by atoms with Crippen LogP contribution >= 0.6 is 11.3 Å². The maximum atomic E-state index is 5.58. The van der Waals surface area contributed by atoms with E-state index in [1.54, 1.807) is 0 Å². The summed E-state index contributed by atoms with van der Waals surface area (Å²) in [6.07, 6.45) is 4.64. The Kier molecular flexibility index (Phi) is 8.05. The molecule has 0 aliphatic heterocycles. The SMILES string of the molecule is C(=C\c1c(-c2ccccc2)n(-c2ccccc2)c2ccccc12)/c1cc2c3ccccc3n(-c3nc(-c4cccc5c4sc4ccccc45)c4ccccc4n3)c2c2ccccc12. The van der Waals surface area contributed by atoms with Crippen molar-refractivity contribution in [1.29, 1.82) is 0 Å². The molecule has 0 amide bonds. The van der Waals surface area contributed by atoms with Gasteiger partial charge in [-0.15, -0.1) is 11.3 Å². The minimum Gasteiger partial charge on any atom is -0.309 e. The molecule has 4 nitrogen and oxygen atoms in total. The van der Waals surface area contributed by atoms with Crippen LogP contribution in [0.2, 0.25) is 0 Å². The van der Waals surface area contributed by atoms with Gasteiger partial charge in [0.25, 0.3) is 0 Å². The highest BCUT2D eigenvalue weighted by atomic mass is 32.1. The van der Waals surface area contributed by atoms with E-state index >= 15 is 0 Å². The number of nitrogens with zero attached hydrogens (tertiary/aromatic N) is 4. The molecule has 63 heavy (non-hydrogen) atoms. The first-order chi connectivity index (χ1) is 31.3. The van der Waals surface area contributed by atoms with Crippen LogP contribution in [0.15, 0.2) is 206 Å². The van der Waals surface area contributed by atoms with Crippen molar-refractivity contribution in [3.8, 4) is 34.2 Å². The second-order valence-corrected chi connectivity index (χ2v) is 17.1. The topological polar surface area (TPSA) is 35.6 Å². The third-order valence-electron chi connectivity index (χ3n) is 12.6. The van der Waals surface area contributed by atoms with Gasteiger partial charge in [0.1, 0.15) is 0 Å². The number of fused-ring (bicyclic) bond motifs is 10. The zero-order valence-electron chi connectivity index (χ0n) is 34.0. The van der Waals surface area contributed by atoms with Crippen LogP contribution in [-0.4, -0.2) is 19.1 Å². The van der Waals surface area contributed by atoms with Crippen molar-refractivity contribution >= 4 is 98.0 Å². The zero-order valence-corrected chi connectivity index (χ0v) is 34.8. The fraction of sp³-hybridized carbons (Fsp3) is 0. The summed E-state index contributed by atoms with van der Waals surface area (Å²) in [5.74, 6) is 0.655. The third-order valence-corrected chi connectivity index (χ3v) is 13.8. The molecule has 4 aromatic heterocycles. The number of aromatic nitrogens is 4. The Morgan fingerprint density at radius 3 is 1.86 bits per heavy atom. The highest BCUT2D eigenvalue weighted by molar-refractivity contribution is 7.26. The van der Waals surface area contributed by atoms with Crippen molar-refractivity contribution in [2.45, 2.75) is 0 Å². The van der Waals surface area contributed by atoms with Crippen molar-refractivity contribution in [1.82, 2.24) is 19.1 Å². The molecule has 0 spiro atoms. The molecule has 0 unspecified atom stereocenters. The van der Waals surface area contributed by atoms with Gasteiger partial charge in [-0.1, -0.05) is 176 Å². The summed E-state index contributed by atoms with van der Waals surface area (Å²) in [6.45, 7) is 0. The number of para-hydroxylation sites is 4. The van der Waals surface area contributed by atoms with E-state index in [4.69, 9.17) is 9.97 Å². The fourth-order valence-electron chi connectivity index (χ4n) is 9.83. The lowest BCUT2D eigenvalue weighted by molar-refractivity contribution is 1.02. The van der Waals surface area contributed by atoms with Gasteiger partial charge >= 0.3 is 0 Å². The van der Waals surface area contributed by atoms with Gasteiger partial charge in [0, 0.05) is 63.9 Å². The number of hydrogen-bond acceptors (Lipinski definition) is 3. The van der Waals surface area contributed by atoms with Gasteiger partial charge in [0.15, 0.2) is 0 Å². The zero-order chi connectivity index (χ0) is 41.4. The average molecular weight is 821 g/mol. The molecule has 13 rings (SSSR count). The largest absolute Gasteiger partial charge is 0.309 e. The number of hydrogen-bond donors (Lipinski definition) is 0. The van der Waals surface area contributed by atoms with E-state index < -0.39 is 0 Å². The summed E-state index contributed by atoms with van der Waals surface area (Å²) < 4.78 is 7.20. The lowest BCUT2D eigenvalue weighted by Crippen LogP contribution is -2.04. The van der Waals surface area contributed by atoms with E-state index in [0.29, 0.717) is 5.95 Å². The molecule has 5 heteroatoms. The van der Waals surface area contributed by atoms with E-state index in [1.165, 1.54) is 42.2 Å². The Balaban J connectivity index is 1.06. The van der Waals surface area contributed by atoms with Crippen molar-refractivity contribution in [2.24, 2.45) is 0 Å². The van der Waals surface area contributed by atoms with Gasteiger partial charge in [-0.2, -0.15) is 0 Å². The Labute approximate surface area is 366 Å². The van der Waals surface area contributed by atoms with E-state index in [1.807, 2.05) is 11.3 Å². The summed E-state index contributed by atoms with van der Waals surface area (Å²) in [5, 5.41) is 9.38. The van der Waals surface area contributed by atoms with E-state index in [9.17, 15) is 0 Å². The predicted octanol–water partition coefficient (Wildman–Crippen LogP) is 15.7. The van der Waals surface area contributed by atoms with Crippen LogP contribution < -0.4 is 0 Å². The van der Waals surface area contributed by atoms with Crippen LogP contribution in [0.5, 0.6) is 0 Å². The predicted molar refractivity (Wildman–Crippen MR) is 267 cm³/mol. The first-order valence-electron chi connectivity index (χ1n) is 21.3. The number of thiophene rings is 1. The van der Waals surface area contributed by atoms with Crippen molar-refractivity contribution < 1.29 is 0 Å². The molecule has 0 saturated carbocycles. The van der Waals surface area contributed by atoms with E-state index in [-0.39, 0.29) is 0 Å². The second-order valence-electron chi connectivity index (χ2n) is 16.1. The summed E-state index contributed by atoms with van der Waals surface area (Å²) in [5.41, 5.74) is 12.1. The van der Waals surface area contributed by atoms with E-state index in [2.05, 4.69) is 228 Å². The number of rotatable bonds is 6. The maximum absolute atomic E-state index is 5.58. The van der Waals surface area contributed by atoms with Crippen LogP contribution in [0.3, 0.4) is 0 Å². The average Bonchev–Trinajstić information content (AvgIpc) is 4.01. The van der Waals surface area contributed by atoms with E-state index in [0.717, 1.165) is 71.7 Å². The Bertz CT molecular complexity index is 3970. The lowest BCUT2D eigenvalue weighted by Gasteiger charge is -2.14. The van der Waals surface area contributed by atoms with Gasteiger partial charge in [0.2, 0.25) is 5.95 Å². The monoisotopic (exact) mass is 820 g/mol. The van der Waals surface area contributed by atoms with Crippen LogP contribution in [0, 0.1) is 0 Å². The quantitative estimate of drug-likeness (QED) is 0.167. The van der Waals surface area contributed by atoms with Crippen LogP contribution in [0.4, 0.5) is 0 Å². The van der Waals surface area contributed by atoms with Gasteiger partial charge in [-0.3, -0.25) is 4.57 Å². The van der Waals surface area contributed by atoms with Gasteiger partial charge < -0.3 is 4.57 Å². The third kappa shape index (κ3) is 5.53. The first kappa shape index (κ1) is 35.6. The van der Waals surface area contributed by atoms with Crippen LogP contribution in [-0.2, 0) is 0 Å². The Morgan fingerprint density at radius 2 is 1.05 bits per heavy atom. The summed E-state index contributed by atoms with van der Waals surface area (Å²) >= 11 is 1.83. The summed E-state index contributed by atoms with van der Waals surface area (Å²) in [6, 6.07) is 73.8. The molecule has 0 atom stereocenters. The molecular formula is C58H36N4S. The first-order valence-corrected chi connectivity index (χ1v) is 22.2. The highest BCUT2D eigenvalue weighted by Gasteiger charge is 2.22. The second kappa shape index (κ2) is 14.2. The van der Waals surface area contributed by atoms with Gasteiger partial charge in [-0.25, -0.2) is 9.97 Å². The normalized spacial score (nSPS) is 12.1. The molecule has 13 aromatic rings. The molecule has 0 radical (unpaired) electrons. The minimum atomic E-state index is 0.655. The maximum Gasteiger partial charge on any atom is 0.235 e. The molecule has 0 saturated heterocycles. The smallest absolute Gasteiger partial charge is 0.235 e. The Morgan fingerprint density at radius 1 is 0.429 bits per heavy atom. The summed E-state index contributed by atoms with van der Waals surface area (Å²) in [4.78, 5) is 10.9. The molecule has 0 fully saturated rings. The molecule has 0 bridgehead atoms. The molecule has 0 aliphatic rings. The standard InChI is InChI=1S/C58H36N4S/c1-3-18-37(19-4-1)55-45(41-23-10-14-31-51(41)61(55)39-20-5-2-6-21-39)35-34-38-36-49-42-24-11-15-32-52(42)62(56(49)44-26-8-7-22-40(38)44)58-59-50-30-13-9-27-47(50)54(60-58)48-29-17-28-46-43-25-12-16-33-53(43)63-57(46)48/h1-36H/b35-34+. The van der Waals surface area contributed by atoms with Crippen LogP contribution in [0.1, 0.15) is 11.1 Å². The minimum absolute atomic E-state index is 0.655. The molecule has 9 aromatic carbocycles. The van der Waals surface area contributed by atoms with Gasteiger partial charge in [-0.05, 0) is 59.0 Å². The van der Waals surface area contributed by atoms with Crippen molar-refractivity contribution in [2.75, 3.05) is 0 Å². The molecule has 4 heterocycles. The van der Waals surface area contributed by atoms with Crippen molar-refractivity contribution in [3.05, 3.63) is 217 Å². The van der Waals surface area contributed by atoms with Crippen LogP contribution in [0.25, 0.3) is 121 Å². The molecular weight excluding hydrogens is 785 g/mol. The van der Waals surface area contributed by atoms with Gasteiger partial charge in [0.05, 0.1) is 33.5 Å². The fourth-order valence-corrected chi connectivity index (χ4v) is 11.0. The summed E-state index contributed by atoms with van der Waals surface area (Å²) in [7, 11) is 0. The molecule has 0 aliphatic carbocycles. The van der Waals surface area contributed by atoms with Crippen molar-refractivity contribution in [3.63, 3.8) is 0 Å². The number of benzene rings is 9. The molecule has 0 N–H and O–H groups in total. The molecule has 294 valence electrons. The highest BCUT2D eigenvalue weighted by Crippen LogP contribution is 2.44. The Hall–Kier alpha value is -8.12.